The lowest BCUT2D eigenvalue weighted by Gasteiger charge is -2.52. The Labute approximate surface area is 517 Å². The molecule has 0 aromatic heterocycles. The Hall–Kier alpha value is -2.46. The summed E-state index contributed by atoms with van der Waals surface area (Å²) in [7, 11) is 0. The summed E-state index contributed by atoms with van der Waals surface area (Å²) in [6.07, 6.45) is -71.6. The normalized spacial score (nSPS) is 52.5. The standard InChI is InChI=1S/C52H88N2O37/c1-11-23(60)30(67)35(72)48(78-11)88-41-22(54-16(6)59)46(85-20(29(41)66)10-77-47-34(71)31(68)26(63)17(7-55)83-47)90-43-38(75)51(81-14(4)39(43)86-49-36(73)32(69)27(64)18(8-56)84-49)91-44-33(70)24(61)12(2)80-52(44)89-42-25(62)13(3)79-50(37(42)74)87-40-21(53-15(5)58)45(76)82-19(9-57)28(40)65/h11-14,17-52,55-57,60-76H,7-10H2,1-6H3,(H,53,58)(H,54,59)/t11-,12-,13-,14-,17+,18+,19+,20+,21+,22+,23-,24-,25-,26+,27+,28-,29+,30+,31-,32-,33+,34+,35+,36+,37+,38+,39-,40+,41+,42+,43-,44+,45+,46-,47-,48-,49+,50-,51-,52-/m0/s1. The summed E-state index contributed by atoms with van der Waals surface area (Å²) in [5.41, 5.74) is 0. The fourth-order valence-electron chi connectivity index (χ4n) is 12.0. The van der Waals surface area contributed by atoms with Crippen molar-refractivity contribution < 1.29 is 183 Å². The summed E-state index contributed by atoms with van der Waals surface area (Å²) in [6, 6.07) is -3.43. The predicted molar refractivity (Wildman–Crippen MR) is 282 cm³/mol. The third-order valence-electron chi connectivity index (χ3n) is 17.3. The Kier molecular flexibility index (Phi) is 25.6. The zero-order valence-electron chi connectivity index (χ0n) is 49.8. The smallest absolute Gasteiger partial charge is 0.217 e. The molecule has 8 heterocycles. The number of ether oxygens (including phenoxy) is 15. The molecular formula is C52H88N2O37. The van der Waals surface area contributed by atoms with Crippen molar-refractivity contribution >= 4 is 11.8 Å². The Bertz CT molecular complexity index is 2310. The van der Waals surface area contributed by atoms with Crippen LogP contribution in [0.4, 0.5) is 0 Å². The van der Waals surface area contributed by atoms with Gasteiger partial charge in [-0.1, -0.05) is 0 Å². The number of aliphatic hydroxyl groups excluding tert-OH is 20. The van der Waals surface area contributed by atoms with Gasteiger partial charge in [0, 0.05) is 13.8 Å². The van der Waals surface area contributed by atoms with E-state index in [1.165, 1.54) is 27.7 Å². The highest BCUT2D eigenvalue weighted by Crippen LogP contribution is 2.39. The Balaban J connectivity index is 1.13. The van der Waals surface area contributed by atoms with Gasteiger partial charge in [0.1, 0.15) is 171 Å². The molecule has 8 rings (SSSR count). The van der Waals surface area contributed by atoms with E-state index >= 15 is 0 Å². The third-order valence-corrected chi connectivity index (χ3v) is 17.3. The summed E-state index contributed by atoms with van der Waals surface area (Å²) in [6.45, 7) is 3.53. The van der Waals surface area contributed by atoms with Crippen molar-refractivity contribution in [1.29, 1.82) is 0 Å². The van der Waals surface area contributed by atoms with Crippen LogP contribution in [0.15, 0.2) is 0 Å². The second kappa shape index (κ2) is 31.4. The molecule has 0 aliphatic carbocycles. The molecule has 40 atom stereocenters. The fraction of sp³-hybridized carbons (Fsp3) is 0.962. The van der Waals surface area contributed by atoms with Gasteiger partial charge in [-0.3, -0.25) is 9.59 Å². The average Bonchev–Trinajstić information content (AvgIpc) is 0.857. The van der Waals surface area contributed by atoms with Gasteiger partial charge in [0.25, 0.3) is 0 Å². The Morgan fingerprint density at radius 3 is 1.22 bits per heavy atom. The van der Waals surface area contributed by atoms with Crippen molar-refractivity contribution in [3.63, 3.8) is 0 Å². The quantitative estimate of drug-likeness (QED) is 0.0538. The van der Waals surface area contributed by atoms with Gasteiger partial charge in [-0.15, -0.1) is 0 Å². The minimum absolute atomic E-state index is 0.731. The first-order valence-corrected chi connectivity index (χ1v) is 29.6. The Morgan fingerprint density at radius 2 is 0.670 bits per heavy atom. The van der Waals surface area contributed by atoms with Crippen molar-refractivity contribution in [2.24, 2.45) is 0 Å². The van der Waals surface area contributed by atoms with Crippen molar-refractivity contribution in [3.05, 3.63) is 0 Å². The molecule has 0 bridgehead atoms. The average molecular weight is 1330 g/mol. The van der Waals surface area contributed by atoms with Gasteiger partial charge in [-0.2, -0.15) is 0 Å². The maximum atomic E-state index is 13.2. The van der Waals surface area contributed by atoms with Crippen molar-refractivity contribution in [2.75, 3.05) is 26.4 Å². The van der Waals surface area contributed by atoms with Crippen LogP contribution in [0.3, 0.4) is 0 Å². The van der Waals surface area contributed by atoms with Gasteiger partial charge >= 0.3 is 0 Å². The number of carbonyl (C=O) groups is 2. The van der Waals surface area contributed by atoms with Crippen LogP contribution in [0.2, 0.25) is 0 Å². The molecule has 8 aliphatic heterocycles. The molecule has 8 saturated heterocycles. The number of hydrogen-bond donors (Lipinski definition) is 22. The van der Waals surface area contributed by atoms with Crippen LogP contribution < -0.4 is 10.6 Å². The predicted octanol–water partition coefficient (Wildman–Crippen LogP) is -14.1. The summed E-state index contributed by atoms with van der Waals surface area (Å²) < 4.78 is 89.0. The van der Waals surface area contributed by atoms with Crippen LogP contribution in [0.5, 0.6) is 0 Å². The minimum atomic E-state index is -2.38. The lowest BCUT2D eigenvalue weighted by Crippen LogP contribution is -2.70. The first-order valence-electron chi connectivity index (χ1n) is 29.6. The highest BCUT2D eigenvalue weighted by molar-refractivity contribution is 5.73. The molecule has 0 radical (unpaired) electrons. The zero-order chi connectivity index (χ0) is 67.1. The van der Waals surface area contributed by atoms with Gasteiger partial charge in [-0.05, 0) is 27.7 Å². The van der Waals surface area contributed by atoms with Crippen molar-refractivity contribution in [1.82, 2.24) is 10.6 Å². The number of rotatable bonds is 20. The van der Waals surface area contributed by atoms with E-state index in [2.05, 4.69) is 10.6 Å². The monoisotopic (exact) mass is 1330 g/mol. The maximum Gasteiger partial charge on any atom is 0.217 e. The van der Waals surface area contributed by atoms with E-state index < -0.39 is 284 Å². The van der Waals surface area contributed by atoms with E-state index in [0.717, 1.165) is 13.8 Å². The molecule has 91 heavy (non-hydrogen) atoms. The van der Waals surface area contributed by atoms with Gasteiger partial charge in [-0.25, -0.2) is 0 Å². The highest BCUT2D eigenvalue weighted by Gasteiger charge is 2.60. The van der Waals surface area contributed by atoms with Crippen LogP contribution >= 0.6 is 0 Å². The van der Waals surface area contributed by atoms with Crippen LogP contribution in [-0.4, -0.2) is 386 Å². The van der Waals surface area contributed by atoms with Crippen molar-refractivity contribution in [3.8, 4) is 0 Å². The number of aliphatic hydroxyl groups is 20. The maximum absolute atomic E-state index is 13.2. The molecule has 2 amide bonds. The zero-order valence-corrected chi connectivity index (χ0v) is 49.8. The molecule has 0 aromatic carbocycles. The van der Waals surface area contributed by atoms with Crippen LogP contribution in [0.1, 0.15) is 41.5 Å². The van der Waals surface area contributed by atoms with Crippen LogP contribution in [0.25, 0.3) is 0 Å². The van der Waals surface area contributed by atoms with E-state index in [1.54, 1.807) is 0 Å². The van der Waals surface area contributed by atoms with Gasteiger partial charge in [0.2, 0.25) is 11.8 Å². The number of nitrogens with one attached hydrogen (secondary N) is 2. The summed E-state index contributed by atoms with van der Waals surface area (Å²) in [5.74, 6) is -1.64. The highest BCUT2D eigenvalue weighted by atomic mass is 16.8. The Morgan fingerprint density at radius 1 is 0.308 bits per heavy atom. The fourth-order valence-corrected chi connectivity index (χ4v) is 12.0. The molecule has 0 aromatic rings. The van der Waals surface area contributed by atoms with E-state index in [1.807, 2.05) is 0 Å². The largest absolute Gasteiger partial charge is 0.394 e. The SMILES string of the molecule is CC(=O)N[C@@H]1[C@@H](O[C@@H]2O[C@@H](C)[C@H](O)[C@@H](O[C@@H]3O[C@@H](C)[C@H](O)[C@@H](O)[C@H]3O[C@@H]3O[C@@H](C)[C@H](O[C@H]4O[C@H](CO)[C@@H](O)[C@H](O)[C@H]4O)[C@@H](O[C@@H]4O[C@H](CO[C@H]5O[C@H](CO)[C@@H](O)[C@H](O)[C@H]5O)[C@@H](O)[C@H](O[C@@H]5O[C@@H](C)[C@H](O)[C@@H](O)[C@H]5O)[C@H]4NC(C)=O)[C@H]3O)[C@H]2O)[C@@H](O)[C@@H](CO)O[C@H]1O. The summed E-state index contributed by atoms with van der Waals surface area (Å²) in [4.78, 5) is 25.4. The second-order valence-electron chi connectivity index (χ2n) is 23.8. The van der Waals surface area contributed by atoms with Gasteiger partial charge < -0.3 is 184 Å². The minimum Gasteiger partial charge on any atom is -0.394 e. The molecule has 528 valence electrons. The molecule has 0 spiro atoms. The van der Waals surface area contributed by atoms with Gasteiger partial charge in [0.05, 0.1) is 50.8 Å². The van der Waals surface area contributed by atoms with E-state index in [-0.39, 0.29) is 0 Å². The molecule has 0 saturated carbocycles. The number of carbonyl (C=O) groups excluding carboxylic acids is 2. The first-order chi connectivity index (χ1) is 42.8. The molecule has 22 N–H and O–H groups in total. The lowest BCUT2D eigenvalue weighted by molar-refractivity contribution is -0.406. The van der Waals surface area contributed by atoms with Crippen molar-refractivity contribution in [2.45, 2.75) is 287 Å². The summed E-state index contributed by atoms with van der Waals surface area (Å²) in [5, 5.41) is 225. The lowest BCUT2D eigenvalue weighted by atomic mass is 9.94. The van der Waals surface area contributed by atoms with Crippen LogP contribution in [0, 0.1) is 0 Å². The van der Waals surface area contributed by atoms with Crippen LogP contribution in [-0.2, 0) is 80.6 Å². The topological polar surface area (TPSA) is 601 Å². The molecule has 0 unspecified atom stereocenters. The first kappa shape index (κ1) is 74.3. The summed E-state index contributed by atoms with van der Waals surface area (Å²) >= 11 is 0. The third kappa shape index (κ3) is 15.9. The second-order valence-corrected chi connectivity index (χ2v) is 23.8. The molecular weight excluding hydrogens is 1240 g/mol. The van der Waals surface area contributed by atoms with E-state index in [4.69, 9.17) is 71.1 Å². The molecule has 8 fully saturated rings. The number of amides is 2. The molecule has 39 heteroatoms. The molecule has 39 nitrogen and oxygen atoms in total. The van der Waals surface area contributed by atoms with Gasteiger partial charge in [0.15, 0.2) is 50.3 Å². The van der Waals surface area contributed by atoms with E-state index in [9.17, 15) is 112 Å². The number of hydrogen-bond acceptors (Lipinski definition) is 37. The molecule has 8 aliphatic rings. The van der Waals surface area contributed by atoms with E-state index in [0.29, 0.717) is 0 Å².